The first-order valence-corrected chi connectivity index (χ1v) is 8.31. The van der Waals surface area contributed by atoms with E-state index in [1.807, 2.05) is 16.8 Å². The number of thiophene rings is 1. The van der Waals surface area contributed by atoms with Crippen molar-refractivity contribution in [2.24, 2.45) is 0 Å². The number of hydrogen-bond acceptors (Lipinski definition) is 4. The first kappa shape index (κ1) is 12.9. The number of carbonyl (C=O) groups is 1. The standard InChI is InChI=1S/C10H12ClNO3S2/c11-8-5-17(14,15)6-9(8)12-10(13)3-7-1-2-16-4-7/h1-2,4,8-9H,3,5-6H2,(H,12,13). The Labute approximate surface area is 109 Å². The zero-order valence-electron chi connectivity index (χ0n) is 8.93. The van der Waals surface area contributed by atoms with Crippen LogP contribution in [0.5, 0.6) is 0 Å². The van der Waals surface area contributed by atoms with Gasteiger partial charge in [0.15, 0.2) is 9.84 Å². The number of alkyl halides is 1. The van der Waals surface area contributed by atoms with Crippen LogP contribution in [0, 0.1) is 0 Å². The van der Waals surface area contributed by atoms with Crippen molar-refractivity contribution in [1.82, 2.24) is 5.32 Å². The molecular formula is C10H12ClNO3S2. The Bertz CT molecular complexity index is 498. The van der Waals surface area contributed by atoms with E-state index in [0.29, 0.717) is 0 Å². The molecule has 1 aromatic heterocycles. The van der Waals surface area contributed by atoms with E-state index in [-0.39, 0.29) is 23.8 Å². The maximum absolute atomic E-state index is 11.7. The lowest BCUT2D eigenvalue weighted by molar-refractivity contribution is -0.120. The molecule has 2 atom stereocenters. The second kappa shape index (κ2) is 4.96. The molecule has 1 fully saturated rings. The van der Waals surface area contributed by atoms with E-state index in [1.54, 1.807) is 0 Å². The van der Waals surface area contributed by atoms with Gasteiger partial charge in [-0.15, -0.1) is 11.6 Å². The summed E-state index contributed by atoms with van der Waals surface area (Å²) in [5, 5.41) is 5.94. The minimum absolute atomic E-state index is 0.0576. The van der Waals surface area contributed by atoms with Gasteiger partial charge in [0.2, 0.25) is 5.91 Å². The summed E-state index contributed by atoms with van der Waals surface area (Å²) in [6.45, 7) is 0. The van der Waals surface area contributed by atoms with Crippen molar-refractivity contribution >= 4 is 38.7 Å². The van der Waals surface area contributed by atoms with Gasteiger partial charge in [0.05, 0.1) is 29.3 Å². The zero-order valence-corrected chi connectivity index (χ0v) is 11.3. The summed E-state index contributed by atoms with van der Waals surface area (Å²) < 4.78 is 22.6. The van der Waals surface area contributed by atoms with Crippen LogP contribution >= 0.6 is 22.9 Å². The molecule has 2 heterocycles. The first-order chi connectivity index (χ1) is 7.96. The van der Waals surface area contributed by atoms with E-state index in [2.05, 4.69) is 5.32 Å². The van der Waals surface area contributed by atoms with Gasteiger partial charge in [0, 0.05) is 0 Å². The minimum Gasteiger partial charge on any atom is -0.351 e. The molecule has 2 rings (SSSR count). The van der Waals surface area contributed by atoms with E-state index in [0.717, 1.165) is 5.56 Å². The number of nitrogens with one attached hydrogen (secondary N) is 1. The molecule has 0 spiro atoms. The molecule has 1 aromatic rings. The Hall–Kier alpha value is -0.590. The maximum Gasteiger partial charge on any atom is 0.224 e. The van der Waals surface area contributed by atoms with E-state index < -0.39 is 21.3 Å². The van der Waals surface area contributed by atoms with Gasteiger partial charge in [0.1, 0.15) is 0 Å². The zero-order chi connectivity index (χ0) is 12.5. The molecule has 2 unspecified atom stereocenters. The second-order valence-corrected chi connectivity index (χ2v) is 7.57. The Balaban J connectivity index is 1.91. The van der Waals surface area contributed by atoms with E-state index in [4.69, 9.17) is 11.6 Å². The van der Waals surface area contributed by atoms with Crippen molar-refractivity contribution < 1.29 is 13.2 Å². The monoisotopic (exact) mass is 293 g/mol. The fraction of sp³-hybridized carbons (Fsp3) is 0.500. The molecule has 0 aromatic carbocycles. The number of halogens is 1. The lowest BCUT2D eigenvalue weighted by atomic mass is 10.2. The Morgan fingerprint density at radius 1 is 1.53 bits per heavy atom. The van der Waals surface area contributed by atoms with Gasteiger partial charge in [-0.1, -0.05) is 0 Å². The number of amides is 1. The topological polar surface area (TPSA) is 63.2 Å². The third-order valence-corrected chi connectivity index (χ3v) is 5.68. The summed E-state index contributed by atoms with van der Waals surface area (Å²) in [5.74, 6) is -0.301. The van der Waals surface area contributed by atoms with Crippen LogP contribution in [-0.4, -0.2) is 37.2 Å². The van der Waals surface area contributed by atoms with Crippen molar-refractivity contribution in [2.75, 3.05) is 11.5 Å². The van der Waals surface area contributed by atoms with Gasteiger partial charge in [-0.2, -0.15) is 11.3 Å². The fourth-order valence-corrected chi connectivity index (χ4v) is 4.99. The highest BCUT2D eigenvalue weighted by atomic mass is 35.5. The van der Waals surface area contributed by atoms with Crippen LogP contribution in [0.1, 0.15) is 5.56 Å². The molecule has 1 aliphatic rings. The first-order valence-electron chi connectivity index (χ1n) is 5.11. The maximum atomic E-state index is 11.7. The van der Waals surface area contributed by atoms with Crippen molar-refractivity contribution in [2.45, 2.75) is 17.8 Å². The summed E-state index contributed by atoms with van der Waals surface area (Å²) in [6, 6.07) is 1.40. The average Bonchev–Trinajstić information content (AvgIpc) is 2.75. The van der Waals surface area contributed by atoms with Gasteiger partial charge < -0.3 is 5.32 Å². The van der Waals surface area contributed by atoms with Gasteiger partial charge in [-0.3, -0.25) is 4.79 Å². The number of sulfone groups is 1. The molecule has 1 N–H and O–H groups in total. The predicted octanol–water partition coefficient (Wildman–Crippen LogP) is 0.811. The summed E-state index contributed by atoms with van der Waals surface area (Å²) >= 11 is 7.42. The van der Waals surface area contributed by atoms with Crippen LogP contribution in [0.4, 0.5) is 0 Å². The van der Waals surface area contributed by atoms with Crippen molar-refractivity contribution in [1.29, 1.82) is 0 Å². The fourth-order valence-electron chi connectivity index (χ4n) is 1.77. The van der Waals surface area contributed by atoms with Crippen LogP contribution in [0.3, 0.4) is 0 Å². The number of hydrogen-bond donors (Lipinski definition) is 1. The smallest absolute Gasteiger partial charge is 0.224 e. The van der Waals surface area contributed by atoms with Crippen molar-refractivity contribution in [3.8, 4) is 0 Å². The molecule has 1 amide bonds. The highest BCUT2D eigenvalue weighted by Gasteiger charge is 2.37. The largest absolute Gasteiger partial charge is 0.351 e. The van der Waals surface area contributed by atoms with E-state index in [1.165, 1.54) is 11.3 Å². The Morgan fingerprint density at radius 2 is 2.29 bits per heavy atom. The van der Waals surface area contributed by atoms with Crippen LogP contribution in [0.25, 0.3) is 0 Å². The highest BCUT2D eigenvalue weighted by Crippen LogP contribution is 2.18. The summed E-state index contributed by atoms with van der Waals surface area (Å²) in [7, 11) is -3.10. The lowest BCUT2D eigenvalue weighted by Gasteiger charge is -2.13. The Morgan fingerprint density at radius 3 is 2.82 bits per heavy atom. The molecule has 1 aliphatic heterocycles. The molecule has 0 bridgehead atoms. The number of rotatable bonds is 3. The predicted molar refractivity (Wildman–Crippen MR) is 68.2 cm³/mol. The summed E-state index contributed by atoms with van der Waals surface area (Å²) in [5.41, 5.74) is 0.930. The molecule has 1 saturated heterocycles. The van der Waals surface area contributed by atoms with Crippen molar-refractivity contribution in [3.63, 3.8) is 0 Å². The van der Waals surface area contributed by atoms with Crippen LogP contribution in [-0.2, 0) is 21.1 Å². The SMILES string of the molecule is O=C(Cc1ccsc1)NC1CS(=O)(=O)CC1Cl. The summed E-state index contributed by atoms with van der Waals surface area (Å²) in [6.07, 6.45) is 0.268. The molecule has 7 heteroatoms. The average molecular weight is 294 g/mol. The molecular weight excluding hydrogens is 282 g/mol. The molecule has 0 aliphatic carbocycles. The van der Waals surface area contributed by atoms with E-state index >= 15 is 0 Å². The molecule has 4 nitrogen and oxygen atoms in total. The summed E-state index contributed by atoms with van der Waals surface area (Å²) in [4.78, 5) is 11.7. The van der Waals surface area contributed by atoms with Gasteiger partial charge in [0.25, 0.3) is 0 Å². The van der Waals surface area contributed by atoms with Crippen molar-refractivity contribution in [3.05, 3.63) is 22.4 Å². The lowest BCUT2D eigenvalue weighted by Crippen LogP contribution is -2.41. The van der Waals surface area contributed by atoms with Crippen LogP contribution < -0.4 is 5.32 Å². The van der Waals surface area contributed by atoms with Gasteiger partial charge >= 0.3 is 0 Å². The molecule has 94 valence electrons. The van der Waals surface area contributed by atoms with E-state index in [9.17, 15) is 13.2 Å². The molecule has 0 saturated carbocycles. The number of carbonyl (C=O) groups excluding carboxylic acids is 1. The quantitative estimate of drug-likeness (QED) is 0.839. The third kappa shape index (κ3) is 3.43. The Kier molecular flexibility index (Phi) is 3.75. The second-order valence-electron chi connectivity index (χ2n) is 4.08. The highest BCUT2D eigenvalue weighted by molar-refractivity contribution is 7.91. The normalized spacial score (nSPS) is 26.9. The van der Waals surface area contributed by atoms with Gasteiger partial charge in [-0.25, -0.2) is 8.42 Å². The van der Waals surface area contributed by atoms with Gasteiger partial charge in [-0.05, 0) is 22.4 Å². The van der Waals surface area contributed by atoms with Crippen LogP contribution in [0.15, 0.2) is 16.8 Å². The van der Waals surface area contributed by atoms with Crippen LogP contribution in [0.2, 0.25) is 0 Å². The molecule has 17 heavy (non-hydrogen) atoms. The third-order valence-electron chi connectivity index (χ3n) is 2.57. The minimum atomic E-state index is -3.10. The molecule has 0 radical (unpaired) electrons.